The standard InChI is InChI=1S/C12H11FN4O/c1-6-10(12-16-9(5-14)17-18-12)11-7(13)3-2-4-8(11)15-6/h2-4,15H,5,14H2,1H3. The second-order valence-corrected chi connectivity index (χ2v) is 4.01. The molecule has 2 heterocycles. The molecule has 3 aromatic rings. The highest BCUT2D eigenvalue weighted by Gasteiger charge is 2.19. The van der Waals surface area contributed by atoms with Crippen LogP contribution in [0.4, 0.5) is 4.39 Å². The molecule has 2 aromatic heterocycles. The van der Waals surface area contributed by atoms with Crippen LogP contribution in [0.5, 0.6) is 0 Å². The molecule has 0 atom stereocenters. The molecule has 5 nitrogen and oxygen atoms in total. The van der Waals surface area contributed by atoms with Crippen molar-refractivity contribution in [2.24, 2.45) is 5.73 Å². The summed E-state index contributed by atoms with van der Waals surface area (Å²) in [6.45, 7) is 2.02. The van der Waals surface area contributed by atoms with E-state index >= 15 is 0 Å². The van der Waals surface area contributed by atoms with Gasteiger partial charge in [-0.15, -0.1) is 0 Å². The summed E-state index contributed by atoms with van der Waals surface area (Å²) in [7, 11) is 0. The summed E-state index contributed by atoms with van der Waals surface area (Å²) in [5.74, 6) is 0.360. The van der Waals surface area contributed by atoms with Gasteiger partial charge < -0.3 is 15.2 Å². The van der Waals surface area contributed by atoms with E-state index in [0.29, 0.717) is 22.3 Å². The number of hydrogen-bond donors (Lipinski definition) is 2. The number of hydrogen-bond acceptors (Lipinski definition) is 4. The van der Waals surface area contributed by atoms with Crippen LogP contribution in [0.3, 0.4) is 0 Å². The van der Waals surface area contributed by atoms with Crippen molar-refractivity contribution in [3.05, 3.63) is 35.5 Å². The summed E-state index contributed by atoms with van der Waals surface area (Å²) < 4.78 is 19.0. The first-order valence-corrected chi connectivity index (χ1v) is 5.50. The molecule has 0 aliphatic carbocycles. The first kappa shape index (κ1) is 10.9. The number of nitrogens with one attached hydrogen (secondary N) is 1. The topological polar surface area (TPSA) is 80.7 Å². The van der Waals surface area contributed by atoms with E-state index in [9.17, 15) is 4.39 Å². The van der Waals surface area contributed by atoms with Gasteiger partial charge in [0.25, 0.3) is 5.89 Å². The maximum Gasteiger partial charge on any atom is 0.260 e. The van der Waals surface area contributed by atoms with Crippen LogP contribution >= 0.6 is 0 Å². The minimum absolute atomic E-state index is 0.188. The van der Waals surface area contributed by atoms with E-state index in [4.69, 9.17) is 10.3 Å². The maximum atomic E-state index is 13.9. The highest BCUT2D eigenvalue weighted by atomic mass is 19.1. The third-order valence-electron chi connectivity index (χ3n) is 2.83. The molecule has 0 aliphatic rings. The summed E-state index contributed by atoms with van der Waals surface area (Å²) in [5, 5.41) is 4.18. The van der Waals surface area contributed by atoms with Gasteiger partial charge in [0.1, 0.15) is 5.82 Å². The molecule has 0 amide bonds. The molecule has 6 heteroatoms. The highest BCUT2D eigenvalue weighted by molar-refractivity contribution is 5.95. The molecule has 0 fully saturated rings. The van der Waals surface area contributed by atoms with Crippen LogP contribution in [-0.4, -0.2) is 15.1 Å². The van der Waals surface area contributed by atoms with Crippen molar-refractivity contribution in [3.63, 3.8) is 0 Å². The molecule has 0 saturated carbocycles. The van der Waals surface area contributed by atoms with Crippen LogP contribution in [0.15, 0.2) is 22.7 Å². The third kappa shape index (κ3) is 1.50. The summed E-state index contributed by atoms with van der Waals surface area (Å²) in [4.78, 5) is 7.23. The predicted octanol–water partition coefficient (Wildman–Crippen LogP) is 2.12. The average Bonchev–Trinajstić information content (AvgIpc) is 2.92. The lowest BCUT2D eigenvalue weighted by molar-refractivity contribution is 0.423. The van der Waals surface area contributed by atoms with Crippen molar-refractivity contribution in [1.82, 2.24) is 15.1 Å². The zero-order chi connectivity index (χ0) is 12.7. The van der Waals surface area contributed by atoms with Crippen LogP contribution in [0.2, 0.25) is 0 Å². The monoisotopic (exact) mass is 246 g/mol. The normalized spacial score (nSPS) is 11.3. The number of benzene rings is 1. The lowest BCUT2D eigenvalue weighted by atomic mass is 10.1. The number of nitrogens with zero attached hydrogens (tertiary/aromatic N) is 2. The average molecular weight is 246 g/mol. The van der Waals surface area contributed by atoms with Gasteiger partial charge in [-0.1, -0.05) is 11.2 Å². The van der Waals surface area contributed by atoms with Crippen molar-refractivity contribution >= 4 is 10.9 Å². The molecule has 1 aromatic carbocycles. The van der Waals surface area contributed by atoms with E-state index in [0.717, 1.165) is 5.69 Å². The molecule has 3 N–H and O–H groups in total. The second kappa shape index (κ2) is 3.92. The lowest BCUT2D eigenvalue weighted by Crippen LogP contribution is -1.97. The minimum Gasteiger partial charge on any atom is -0.358 e. The Hall–Kier alpha value is -2.21. The van der Waals surface area contributed by atoms with E-state index in [1.807, 2.05) is 6.92 Å². The molecular formula is C12H11FN4O. The Morgan fingerprint density at radius 1 is 1.44 bits per heavy atom. The molecule has 92 valence electrons. The quantitative estimate of drug-likeness (QED) is 0.725. The van der Waals surface area contributed by atoms with Crippen LogP contribution < -0.4 is 5.73 Å². The van der Waals surface area contributed by atoms with E-state index in [-0.39, 0.29) is 18.3 Å². The Labute approximate surface area is 102 Å². The van der Waals surface area contributed by atoms with E-state index in [2.05, 4.69) is 15.1 Å². The van der Waals surface area contributed by atoms with Gasteiger partial charge in [-0.25, -0.2) is 4.39 Å². The zero-order valence-electron chi connectivity index (χ0n) is 9.70. The zero-order valence-corrected chi connectivity index (χ0v) is 9.70. The number of aromatic nitrogens is 3. The Balaban J connectivity index is 2.30. The van der Waals surface area contributed by atoms with E-state index in [1.165, 1.54) is 6.07 Å². The maximum absolute atomic E-state index is 13.9. The van der Waals surface area contributed by atoms with Crippen molar-refractivity contribution < 1.29 is 8.91 Å². The summed E-state index contributed by atoms with van der Waals surface area (Å²) >= 11 is 0. The van der Waals surface area contributed by atoms with Gasteiger partial charge in [-0.3, -0.25) is 0 Å². The number of H-pyrrole nitrogens is 1. The summed E-state index contributed by atoms with van der Waals surface area (Å²) in [6.07, 6.45) is 0. The minimum atomic E-state index is -0.320. The fourth-order valence-corrected chi connectivity index (χ4v) is 2.04. The fourth-order valence-electron chi connectivity index (χ4n) is 2.04. The smallest absolute Gasteiger partial charge is 0.260 e. The molecule has 0 aliphatic heterocycles. The first-order valence-electron chi connectivity index (χ1n) is 5.50. The second-order valence-electron chi connectivity index (χ2n) is 4.01. The summed E-state index contributed by atoms with van der Waals surface area (Å²) in [6, 6.07) is 4.85. The molecule has 0 unspecified atom stereocenters. The SMILES string of the molecule is Cc1[nH]c2cccc(F)c2c1-c1nc(CN)no1. The number of aromatic amines is 1. The van der Waals surface area contributed by atoms with Crippen molar-refractivity contribution in [1.29, 1.82) is 0 Å². The van der Waals surface area contributed by atoms with Crippen molar-refractivity contribution in [2.75, 3.05) is 0 Å². The largest absolute Gasteiger partial charge is 0.358 e. The van der Waals surface area contributed by atoms with Crippen LogP contribution in [0.25, 0.3) is 22.4 Å². The molecule has 0 radical (unpaired) electrons. The van der Waals surface area contributed by atoms with Crippen LogP contribution in [0, 0.1) is 12.7 Å². The first-order chi connectivity index (χ1) is 8.70. The molecule has 0 spiro atoms. The molecular weight excluding hydrogens is 235 g/mol. The Bertz CT molecular complexity index is 716. The number of aryl methyl sites for hydroxylation is 1. The number of rotatable bonds is 2. The number of halogens is 1. The van der Waals surface area contributed by atoms with Gasteiger partial charge in [-0.2, -0.15) is 4.98 Å². The lowest BCUT2D eigenvalue weighted by Gasteiger charge is -1.95. The molecule has 0 bridgehead atoms. The van der Waals surface area contributed by atoms with Gasteiger partial charge in [0.2, 0.25) is 0 Å². The fraction of sp³-hybridized carbons (Fsp3) is 0.167. The van der Waals surface area contributed by atoms with Gasteiger partial charge >= 0.3 is 0 Å². The number of fused-ring (bicyclic) bond motifs is 1. The van der Waals surface area contributed by atoms with Crippen LogP contribution in [-0.2, 0) is 6.54 Å². The Morgan fingerprint density at radius 2 is 2.28 bits per heavy atom. The van der Waals surface area contributed by atoms with Gasteiger partial charge in [0.15, 0.2) is 5.82 Å². The van der Waals surface area contributed by atoms with E-state index in [1.54, 1.807) is 12.1 Å². The predicted molar refractivity (Wildman–Crippen MR) is 64.2 cm³/mol. The van der Waals surface area contributed by atoms with Crippen molar-refractivity contribution in [2.45, 2.75) is 13.5 Å². The molecule has 18 heavy (non-hydrogen) atoms. The van der Waals surface area contributed by atoms with Gasteiger partial charge in [0.05, 0.1) is 12.1 Å². The van der Waals surface area contributed by atoms with Crippen LogP contribution in [0.1, 0.15) is 11.5 Å². The molecule has 3 rings (SSSR count). The molecule has 0 saturated heterocycles. The van der Waals surface area contributed by atoms with Crippen molar-refractivity contribution in [3.8, 4) is 11.5 Å². The Morgan fingerprint density at radius 3 is 3.00 bits per heavy atom. The third-order valence-corrected chi connectivity index (χ3v) is 2.83. The Kier molecular flexibility index (Phi) is 2.38. The van der Waals surface area contributed by atoms with Gasteiger partial charge in [0, 0.05) is 16.6 Å². The summed E-state index contributed by atoms with van der Waals surface area (Å²) in [5.41, 5.74) is 7.51. The van der Waals surface area contributed by atoms with Gasteiger partial charge in [-0.05, 0) is 19.1 Å². The highest BCUT2D eigenvalue weighted by Crippen LogP contribution is 2.32. The number of nitrogens with two attached hydrogens (primary N) is 1. The van der Waals surface area contributed by atoms with E-state index < -0.39 is 0 Å².